The van der Waals surface area contributed by atoms with Gasteiger partial charge in [-0.15, -0.1) is 0 Å². The largest absolute Gasteiger partial charge is 0.463 e. The third kappa shape index (κ3) is 7.55. The number of rotatable bonds is 8. The number of hydrogen-bond acceptors (Lipinski definition) is 10. The molecule has 0 N–H and O–H groups in total. The van der Waals surface area contributed by atoms with Gasteiger partial charge in [0.2, 0.25) is 12.2 Å². The van der Waals surface area contributed by atoms with Gasteiger partial charge in [-0.3, -0.25) is 24.0 Å². The lowest BCUT2D eigenvalue weighted by atomic mass is 9.94. The summed E-state index contributed by atoms with van der Waals surface area (Å²) in [7, 11) is 0. The molecule has 11 heteroatoms. The van der Waals surface area contributed by atoms with Gasteiger partial charge in [0.25, 0.3) is 0 Å². The number of carbonyl (C=O) groups is 5. The van der Waals surface area contributed by atoms with E-state index >= 15 is 0 Å². The first-order chi connectivity index (χ1) is 16.0. The molecule has 0 radical (unpaired) electrons. The van der Waals surface area contributed by atoms with Crippen LogP contribution in [0.25, 0.3) is 0 Å². The Kier molecular flexibility index (Phi) is 9.55. The van der Waals surface area contributed by atoms with Crippen LogP contribution in [-0.2, 0) is 54.2 Å². The fourth-order valence-electron chi connectivity index (χ4n) is 3.68. The second kappa shape index (κ2) is 12.1. The molecule has 34 heavy (non-hydrogen) atoms. The number of esters is 4. The zero-order valence-corrected chi connectivity index (χ0v) is 19.7. The molecule has 1 aromatic rings. The molecular weight excluding hydrogens is 450 g/mol. The van der Waals surface area contributed by atoms with Crippen LogP contribution in [0.3, 0.4) is 0 Å². The Hall–Kier alpha value is -3.47. The van der Waals surface area contributed by atoms with Crippen LogP contribution >= 0.6 is 0 Å². The topological polar surface area (TPSA) is 135 Å². The fraction of sp³-hybridized carbons (Fsp3) is 0.522. The molecule has 11 nitrogen and oxygen atoms in total. The van der Waals surface area contributed by atoms with Crippen LogP contribution in [0.5, 0.6) is 0 Å². The van der Waals surface area contributed by atoms with Gasteiger partial charge < -0.3 is 28.6 Å². The molecule has 1 heterocycles. The second-order valence-corrected chi connectivity index (χ2v) is 7.73. The molecule has 0 aromatic heterocycles. The highest BCUT2D eigenvalue weighted by molar-refractivity contribution is 5.74. The van der Waals surface area contributed by atoms with E-state index in [9.17, 15) is 24.0 Å². The Balaban J connectivity index is 2.57. The summed E-state index contributed by atoms with van der Waals surface area (Å²) >= 11 is 0. The highest BCUT2D eigenvalue weighted by Gasteiger charge is 2.54. The zero-order chi connectivity index (χ0) is 25.4. The average Bonchev–Trinajstić information content (AvgIpc) is 2.72. The Morgan fingerprint density at radius 3 is 1.85 bits per heavy atom. The van der Waals surface area contributed by atoms with Crippen LogP contribution in [0.15, 0.2) is 30.3 Å². The van der Waals surface area contributed by atoms with Gasteiger partial charge in [0.05, 0.1) is 0 Å². The van der Waals surface area contributed by atoms with E-state index in [1.807, 2.05) is 6.07 Å². The molecule has 1 aliphatic rings. The lowest BCUT2D eigenvalue weighted by Crippen LogP contribution is -2.67. The third-order valence-corrected chi connectivity index (χ3v) is 4.91. The van der Waals surface area contributed by atoms with Gasteiger partial charge in [0.1, 0.15) is 18.8 Å². The van der Waals surface area contributed by atoms with Crippen molar-refractivity contribution in [2.45, 2.75) is 71.8 Å². The van der Waals surface area contributed by atoms with Crippen LogP contribution < -0.4 is 0 Å². The van der Waals surface area contributed by atoms with Gasteiger partial charge in [-0.1, -0.05) is 30.3 Å². The van der Waals surface area contributed by atoms with Crippen LogP contribution in [0, 0.1) is 0 Å². The average molecular weight is 479 g/mol. The highest BCUT2D eigenvalue weighted by Crippen LogP contribution is 2.32. The van der Waals surface area contributed by atoms with Crippen molar-refractivity contribution in [3.8, 4) is 0 Å². The van der Waals surface area contributed by atoms with Crippen molar-refractivity contribution in [3.63, 3.8) is 0 Å². The number of carbonyl (C=O) groups excluding carboxylic acids is 5. The Morgan fingerprint density at radius 1 is 0.794 bits per heavy atom. The van der Waals surface area contributed by atoms with Crippen molar-refractivity contribution in [2.24, 2.45) is 0 Å². The molecule has 1 saturated heterocycles. The molecular formula is C23H29NO10. The van der Waals surface area contributed by atoms with E-state index in [-0.39, 0.29) is 13.2 Å². The standard InChI is InChI=1S/C23H29NO10/c1-13(25)24(11-18-9-7-6-8-10-18)20-22(32-16(4)28)21(31-15(3)27)19(12-30-14(2)26)34-23(20)33-17(5)29/h6-10,19-23H,11-12H2,1-5H3/t19-,20-,21-,22-,23+/m1/s1. The Morgan fingerprint density at radius 2 is 1.35 bits per heavy atom. The summed E-state index contributed by atoms with van der Waals surface area (Å²) in [5.41, 5.74) is 0.743. The molecule has 5 atom stereocenters. The van der Waals surface area contributed by atoms with E-state index in [2.05, 4.69) is 0 Å². The predicted molar refractivity (Wildman–Crippen MR) is 115 cm³/mol. The van der Waals surface area contributed by atoms with E-state index in [1.54, 1.807) is 24.3 Å². The fourth-order valence-corrected chi connectivity index (χ4v) is 3.68. The van der Waals surface area contributed by atoms with Crippen molar-refractivity contribution >= 4 is 29.8 Å². The first-order valence-corrected chi connectivity index (χ1v) is 10.6. The monoisotopic (exact) mass is 479 g/mol. The minimum absolute atomic E-state index is 0.0567. The Bertz CT molecular complexity index is 902. The van der Waals surface area contributed by atoms with E-state index in [1.165, 1.54) is 18.7 Å². The number of hydrogen-bond donors (Lipinski definition) is 0. The molecule has 0 bridgehead atoms. The second-order valence-electron chi connectivity index (χ2n) is 7.73. The predicted octanol–water partition coefficient (Wildman–Crippen LogP) is 1.12. The summed E-state index contributed by atoms with van der Waals surface area (Å²) in [4.78, 5) is 61.3. The maximum absolute atomic E-state index is 12.7. The van der Waals surface area contributed by atoms with Gasteiger partial charge in [-0.2, -0.15) is 0 Å². The number of amides is 1. The van der Waals surface area contributed by atoms with Gasteiger partial charge in [0.15, 0.2) is 12.2 Å². The highest BCUT2D eigenvalue weighted by atomic mass is 16.7. The molecule has 1 fully saturated rings. The summed E-state index contributed by atoms with van der Waals surface area (Å²) in [5.74, 6) is -3.25. The smallest absolute Gasteiger partial charge is 0.305 e. The van der Waals surface area contributed by atoms with Crippen molar-refractivity contribution in [3.05, 3.63) is 35.9 Å². The molecule has 0 unspecified atom stereocenters. The molecule has 2 rings (SSSR count). The van der Waals surface area contributed by atoms with E-state index in [0.29, 0.717) is 0 Å². The van der Waals surface area contributed by atoms with Gasteiger partial charge in [-0.25, -0.2) is 0 Å². The minimum Gasteiger partial charge on any atom is -0.463 e. The minimum atomic E-state index is -1.41. The summed E-state index contributed by atoms with van der Waals surface area (Å²) in [6.45, 7) is 5.59. The molecule has 0 spiro atoms. The van der Waals surface area contributed by atoms with Crippen LogP contribution in [0.1, 0.15) is 40.2 Å². The van der Waals surface area contributed by atoms with E-state index in [0.717, 1.165) is 26.3 Å². The Labute approximate surface area is 197 Å². The van der Waals surface area contributed by atoms with Gasteiger partial charge >= 0.3 is 23.9 Å². The number of nitrogens with zero attached hydrogens (tertiary/aromatic N) is 1. The van der Waals surface area contributed by atoms with Crippen molar-refractivity contribution in [1.29, 1.82) is 0 Å². The van der Waals surface area contributed by atoms with E-state index < -0.39 is 60.4 Å². The number of benzene rings is 1. The lowest BCUT2D eigenvalue weighted by molar-refractivity contribution is -0.284. The summed E-state index contributed by atoms with van der Waals surface area (Å²) < 4.78 is 27.2. The van der Waals surface area contributed by atoms with Crippen LogP contribution in [0.4, 0.5) is 0 Å². The quantitative estimate of drug-likeness (QED) is 0.394. The van der Waals surface area contributed by atoms with E-state index in [4.69, 9.17) is 23.7 Å². The maximum atomic E-state index is 12.7. The van der Waals surface area contributed by atoms with Crippen LogP contribution in [0.2, 0.25) is 0 Å². The van der Waals surface area contributed by atoms with Crippen molar-refractivity contribution in [2.75, 3.05) is 6.61 Å². The zero-order valence-electron chi connectivity index (χ0n) is 19.7. The van der Waals surface area contributed by atoms with Gasteiger partial charge in [-0.05, 0) is 5.56 Å². The normalized spacial score (nSPS) is 23.9. The van der Waals surface area contributed by atoms with Crippen LogP contribution in [-0.4, -0.2) is 71.9 Å². The summed E-state index contributed by atoms with van der Waals surface area (Å²) in [6.07, 6.45) is -5.13. The molecule has 0 saturated carbocycles. The molecule has 1 aromatic carbocycles. The lowest BCUT2D eigenvalue weighted by Gasteiger charge is -2.48. The number of ether oxygens (including phenoxy) is 5. The van der Waals surface area contributed by atoms with Crippen molar-refractivity contribution < 1.29 is 47.7 Å². The molecule has 0 aliphatic carbocycles. The molecule has 1 amide bonds. The first-order valence-electron chi connectivity index (χ1n) is 10.6. The first kappa shape index (κ1) is 26.8. The molecule has 1 aliphatic heterocycles. The van der Waals surface area contributed by atoms with Gasteiger partial charge in [0, 0.05) is 41.2 Å². The SMILES string of the molecule is CC(=O)OC[C@H]1O[C@H](OC(C)=O)[C@H](N(Cc2ccccc2)C(C)=O)[C@@H](OC(C)=O)[C@@H]1OC(C)=O. The summed E-state index contributed by atoms with van der Waals surface area (Å²) in [5, 5.41) is 0. The molecule has 186 valence electrons. The van der Waals surface area contributed by atoms with Crippen molar-refractivity contribution in [1.82, 2.24) is 4.90 Å². The summed E-state index contributed by atoms with van der Waals surface area (Å²) in [6, 6.07) is 7.78. The maximum Gasteiger partial charge on any atom is 0.305 e. The third-order valence-electron chi connectivity index (χ3n) is 4.91.